The number of para-hydroxylation sites is 2. The van der Waals surface area contributed by atoms with Crippen LogP contribution in [0.4, 0.5) is 5.69 Å². The van der Waals surface area contributed by atoms with E-state index in [0.29, 0.717) is 11.4 Å². The van der Waals surface area contributed by atoms with Gasteiger partial charge < -0.3 is 10.1 Å². The molecule has 1 fully saturated rings. The molecule has 0 aliphatic carbocycles. The van der Waals surface area contributed by atoms with Gasteiger partial charge in [-0.05, 0) is 17.7 Å². The van der Waals surface area contributed by atoms with Crippen LogP contribution in [0, 0.1) is 0 Å². The molecular formula is C21H26N4O5S. The fraction of sp³-hybridized carbons (Fsp3) is 0.333. The van der Waals surface area contributed by atoms with Crippen LogP contribution < -0.4 is 20.9 Å². The molecule has 31 heavy (non-hydrogen) atoms. The van der Waals surface area contributed by atoms with E-state index < -0.39 is 27.7 Å². The van der Waals surface area contributed by atoms with Gasteiger partial charge in [0.15, 0.2) is 9.84 Å². The highest BCUT2D eigenvalue weighted by Gasteiger charge is 2.32. The first kappa shape index (κ1) is 22.6. The van der Waals surface area contributed by atoms with Crippen molar-refractivity contribution in [3.05, 3.63) is 60.2 Å². The van der Waals surface area contributed by atoms with Crippen molar-refractivity contribution in [2.45, 2.75) is 6.04 Å². The third-order valence-electron chi connectivity index (χ3n) is 4.98. The van der Waals surface area contributed by atoms with E-state index in [1.807, 2.05) is 35.2 Å². The molecule has 1 atom stereocenters. The van der Waals surface area contributed by atoms with E-state index in [0.717, 1.165) is 5.56 Å². The summed E-state index contributed by atoms with van der Waals surface area (Å²) >= 11 is 0. The predicted octanol–water partition coefficient (Wildman–Crippen LogP) is 0.726. The lowest BCUT2D eigenvalue weighted by atomic mass is 10.0. The van der Waals surface area contributed by atoms with Crippen molar-refractivity contribution in [1.29, 1.82) is 0 Å². The van der Waals surface area contributed by atoms with Gasteiger partial charge in [0.25, 0.3) is 11.8 Å². The standard InChI is InChI=1S/C21H26N4O5S/c1-30-18-10-6-5-9-17(18)22-15-19(26)23-24-21(27)20(16-7-3-2-4-8-16)25-11-13-31(28,29)14-12-25/h2-10,20,22H,11-15H2,1H3,(H,23,26)(H,24,27). The van der Waals surface area contributed by atoms with Gasteiger partial charge in [0.05, 0.1) is 30.8 Å². The van der Waals surface area contributed by atoms with E-state index in [1.54, 1.807) is 24.3 Å². The Balaban J connectivity index is 1.60. The normalized spacial score (nSPS) is 16.7. The Kier molecular flexibility index (Phi) is 7.48. The van der Waals surface area contributed by atoms with Gasteiger partial charge in [-0.3, -0.25) is 25.3 Å². The highest BCUT2D eigenvalue weighted by atomic mass is 32.2. The first-order valence-electron chi connectivity index (χ1n) is 9.84. The van der Waals surface area contributed by atoms with E-state index in [1.165, 1.54) is 7.11 Å². The quantitative estimate of drug-likeness (QED) is 0.537. The van der Waals surface area contributed by atoms with Gasteiger partial charge in [-0.25, -0.2) is 8.42 Å². The van der Waals surface area contributed by atoms with E-state index >= 15 is 0 Å². The van der Waals surface area contributed by atoms with Crippen LogP contribution in [-0.2, 0) is 19.4 Å². The molecule has 166 valence electrons. The molecule has 9 nitrogen and oxygen atoms in total. The van der Waals surface area contributed by atoms with Crippen LogP contribution in [0.15, 0.2) is 54.6 Å². The summed E-state index contributed by atoms with van der Waals surface area (Å²) < 4.78 is 28.8. The Morgan fingerprint density at radius 2 is 1.65 bits per heavy atom. The molecule has 1 unspecified atom stereocenters. The number of nitrogens with zero attached hydrogens (tertiary/aromatic N) is 1. The highest BCUT2D eigenvalue weighted by molar-refractivity contribution is 7.91. The van der Waals surface area contributed by atoms with Crippen molar-refractivity contribution in [2.75, 3.05) is 43.6 Å². The second kappa shape index (κ2) is 10.3. The van der Waals surface area contributed by atoms with Crippen LogP contribution in [0.25, 0.3) is 0 Å². The summed E-state index contributed by atoms with van der Waals surface area (Å²) in [7, 11) is -1.55. The number of amides is 2. The Morgan fingerprint density at radius 1 is 1.00 bits per heavy atom. The van der Waals surface area contributed by atoms with Crippen LogP contribution in [0.2, 0.25) is 0 Å². The molecule has 0 aromatic heterocycles. The number of carbonyl (C=O) groups excluding carboxylic acids is 2. The van der Waals surface area contributed by atoms with Gasteiger partial charge in [-0.1, -0.05) is 42.5 Å². The second-order valence-corrected chi connectivity index (χ2v) is 9.40. The SMILES string of the molecule is COc1ccccc1NCC(=O)NNC(=O)C(c1ccccc1)N1CCS(=O)(=O)CC1. The molecule has 1 aliphatic heterocycles. The molecule has 0 radical (unpaired) electrons. The van der Waals surface area contributed by atoms with Crippen molar-refractivity contribution in [3.8, 4) is 5.75 Å². The van der Waals surface area contributed by atoms with Gasteiger partial charge in [0.1, 0.15) is 11.8 Å². The predicted molar refractivity (Wildman–Crippen MR) is 117 cm³/mol. The summed E-state index contributed by atoms with van der Waals surface area (Å²) in [6.45, 7) is 0.426. The molecule has 3 N–H and O–H groups in total. The fourth-order valence-electron chi connectivity index (χ4n) is 3.36. The largest absolute Gasteiger partial charge is 0.495 e. The first-order chi connectivity index (χ1) is 14.9. The third-order valence-corrected chi connectivity index (χ3v) is 6.59. The van der Waals surface area contributed by atoms with Gasteiger partial charge in [0.2, 0.25) is 0 Å². The van der Waals surface area contributed by atoms with Crippen molar-refractivity contribution in [1.82, 2.24) is 15.8 Å². The number of hydrogen-bond acceptors (Lipinski definition) is 7. The Labute approximate surface area is 181 Å². The smallest absolute Gasteiger partial charge is 0.260 e. The van der Waals surface area contributed by atoms with E-state index in [9.17, 15) is 18.0 Å². The monoisotopic (exact) mass is 446 g/mol. The average molecular weight is 447 g/mol. The molecule has 1 saturated heterocycles. The average Bonchev–Trinajstić information content (AvgIpc) is 2.78. The van der Waals surface area contributed by atoms with Crippen molar-refractivity contribution >= 4 is 27.3 Å². The maximum absolute atomic E-state index is 12.9. The lowest BCUT2D eigenvalue weighted by molar-refractivity contribution is -0.131. The third kappa shape index (κ3) is 6.19. The number of hydrazine groups is 1. The van der Waals surface area contributed by atoms with Crippen LogP contribution >= 0.6 is 0 Å². The summed E-state index contributed by atoms with van der Waals surface area (Å²) in [5.74, 6) is -0.274. The van der Waals surface area contributed by atoms with Crippen LogP contribution in [0.1, 0.15) is 11.6 Å². The number of methoxy groups -OCH3 is 1. The lowest BCUT2D eigenvalue weighted by Crippen LogP contribution is -2.52. The van der Waals surface area contributed by atoms with Crippen molar-refractivity contribution < 1.29 is 22.7 Å². The van der Waals surface area contributed by atoms with Gasteiger partial charge >= 0.3 is 0 Å². The Bertz CT molecular complexity index is 999. The maximum Gasteiger partial charge on any atom is 0.260 e. The number of benzene rings is 2. The minimum Gasteiger partial charge on any atom is -0.495 e. The molecule has 2 aromatic carbocycles. The molecule has 2 aromatic rings. The number of anilines is 1. The fourth-order valence-corrected chi connectivity index (χ4v) is 4.59. The van der Waals surface area contributed by atoms with Crippen LogP contribution in [0.3, 0.4) is 0 Å². The summed E-state index contributed by atoms with van der Waals surface area (Å²) in [6.07, 6.45) is 0. The summed E-state index contributed by atoms with van der Waals surface area (Å²) in [5.41, 5.74) is 6.25. The van der Waals surface area contributed by atoms with Gasteiger partial charge in [-0.2, -0.15) is 0 Å². The minimum atomic E-state index is -3.08. The number of ether oxygens (including phenoxy) is 1. The highest BCUT2D eigenvalue weighted by Crippen LogP contribution is 2.23. The minimum absolute atomic E-state index is 0.00119. The Hall–Kier alpha value is -3.11. The van der Waals surface area contributed by atoms with Crippen LogP contribution in [-0.4, -0.2) is 63.4 Å². The van der Waals surface area contributed by atoms with E-state index in [4.69, 9.17) is 4.74 Å². The van der Waals surface area contributed by atoms with Gasteiger partial charge in [0, 0.05) is 13.1 Å². The number of sulfone groups is 1. The number of hydrogen-bond donors (Lipinski definition) is 3. The lowest BCUT2D eigenvalue weighted by Gasteiger charge is -2.33. The summed E-state index contributed by atoms with van der Waals surface area (Å²) in [6, 6.07) is 15.5. The zero-order valence-electron chi connectivity index (χ0n) is 17.2. The topological polar surface area (TPSA) is 117 Å². The number of nitrogens with one attached hydrogen (secondary N) is 3. The first-order valence-corrected chi connectivity index (χ1v) is 11.7. The molecule has 10 heteroatoms. The zero-order valence-corrected chi connectivity index (χ0v) is 18.0. The van der Waals surface area contributed by atoms with Crippen molar-refractivity contribution in [3.63, 3.8) is 0 Å². The van der Waals surface area contributed by atoms with E-state index in [-0.39, 0.29) is 31.1 Å². The second-order valence-electron chi connectivity index (χ2n) is 7.09. The Morgan fingerprint density at radius 3 is 2.32 bits per heavy atom. The number of carbonyl (C=O) groups is 2. The van der Waals surface area contributed by atoms with Gasteiger partial charge in [-0.15, -0.1) is 0 Å². The summed E-state index contributed by atoms with van der Waals surface area (Å²) in [4.78, 5) is 27.0. The van der Waals surface area contributed by atoms with Crippen LogP contribution in [0.5, 0.6) is 5.75 Å². The molecule has 1 heterocycles. The maximum atomic E-state index is 12.9. The molecule has 0 spiro atoms. The summed E-state index contributed by atoms with van der Waals surface area (Å²) in [5, 5.41) is 2.96. The molecule has 2 amide bonds. The molecule has 1 aliphatic rings. The molecular weight excluding hydrogens is 420 g/mol. The molecule has 0 bridgehead atoms. The molecule has 0 saturated carbocycles. The van der Waals surface area contributed by atoms with Crippen molar-refractivity contribution in [2.24, 2.45) is 0 Å². The van der Waals surface area contributed by atoms with E-state index in [2.05, 4.69) is 16.2 Å². The number of rotatable bonds is 7. The molecule has 3 rings (SSSR count). The zero-order chi connectivity index (χ0) is 22.3.